The number of pyridine rings is 1. The van der Waals surface area contributed by atoms with Crippen molar-refractivity contribution in [1.82, 2.24) is 4.98 Å². The number of anilines is 1. The summed E-state index contributed by atoms with van der Waals surface area (Å²) in [5.74, 6) is 0.938. The van der Waals surface area contributed by atoms with Crippen molar-refractivity contribution in [1.29, 1.82) is 0 Å². The fourth-order valence-electron chi connectivity index (χ4n) is 1.75. The molecule has 1 aromatic rings. The first-order valence-electron chi connectivity index (χ1n) is 6.65. The minimum absolute atomic E-state index is 0.157. The van der Waals surface area contributed by atoms with Crippen LogP contribution in [0.4, 0.5) is 5.82 Å². The highest BCUT2D eigenvalue weighted by Crippen LogP contribution is 2.23. The molecule has 3 nitrogen and oxygen atoms in total. The summed E-state index contributed by atoms with van der Waals surface area (Å²) in [6, 6.07) is 4.20. The molecule has 0 aliphatic carbocycles. The molecule has 3 N–H and O–H groups in total. The molecular formula is C15H27N3. The average molecular weight is 249 g/mol. The van der Waals surface area contributed by atoms with Gasteiger partial charge in [-0.25, -0.2) is 4.98 Å². The van der Waals surface area contributed by atoms with Crippen LogP contribution in [0.3, 0.4) is 0 Å². The molecule has 0 saturated heterocycles. The molecule has 0 radical (unpaired) electrons. The number of hydrogen-bond donors (Lipinski definition) is 2. The molecule has 3 heteroatoms. The lowest BCUT2D eigenvalue weighted by molar-refractivity contribution is 0.365. The van der Waals surface area contributed by atoms with Gasteiger partial charge in [0.1, 0.15) is 5.82 Å². The van der Waals surface area contributed by atoms with E-state index in [1.54, 1.807) is 0 Å². The Morgan fingerprint density at radius 2 is 1.83 bits per heavy atom. The monoisotopic (exact) mass is 249 g/mol. The van der Waals surface area contributed by atoms with Crippen LogP contribution in [0, 0.1) is 5.41 Å². The summed E-state index contributed by atoms with van der Waals surface area (Å²) in [5, 5.41) is 3.38. The van der Waals surface area contributed by atoms with Crippen molar-refractivity contribution in [3.63, 3.8) is 0 Å². The van der Waals surface area contributed by atoms with Gasteiger partial charge >= 0.3 is 0 Å². The lowest BCUT2D eigenvalue weighted by atomic mass is 9.88. The Morgan fingerprint density at radius 3 is 2.28 bits per heavy atom. The first-order valence-corrected chi connectivity index (χ1v) is 6.65. The van der Waals surface area contributed by atoms with Crippen LogP contribution in [0.5, 0.6) is 0 Å². The van der Waals surface area contributed by atoms with Gasteiger partial charge in [0.2, 0.25) is 0 Å². The van der Waals surface area contributed by atoms with E-state index >= 15 is 0 Å². The topological polar surface area (TPSA) is 50.9 Å². The van der Waals surface area contributed by atoms with Gasteiger partial charge in [-0.2, -0.15) is 0 Å². The molecule has 0 bridgehead atoms. The van der Waals surface area contributed by atoms with E-state index in [0.717, 1.165) is 25.3 Å². The van der Waals surface area contributed by atoms with Crippen molar-refractivity contribution < 1.29 is 0 Å². The highest BCUT2D eigenvalue weighted by Gasteiger charge is 2.17. The van der Waals surface area contributed by atoms with Gasteiger partial charge in [0.15, 0.2) is 0 Å². The van der Waals surface area contributed by atoms with Crippen LogP contribution in [0.15, 0.2) is 18.3 Å². The number of rotatable bonds is 5. The molecule has 102 valence electrons. The molecule has 0 unspecified atom stereocenters. The summed E-state index contributed by atoms with van der Waals surface area (Å²) in [4.78, 5) is 4.47. The van der Waals surface area contributed by atoms with Crippen molar-refractivity contribution in [2.75, 3.05) is 18.4 Å². The van der Waals surface area contributed by atoms with Gasteiger partial charge in [0, 0.05) is 12.7 Å². The average Bonchev–Trinajstić information content (AvgIpc) is 2.26. The lowest BCUT2D eigenvalue weighted by Crippen LogP contribution is -2.26. The Labute approximate surface area is 111 Å². The molecule has 0 saturated carbocycles. The molecule has 0 atom stereocenters. The maximum absolute atomic E-state index is 5.61. The predicted octanol–water partition coefficient (Wildman–Crippen LogP) is 3.17. The first kappa shape index (κ1) is 15.0. The number of nitrogens with zero attached hydrogens (tertiary/aromatic N) is 1. The Bertz CT molecular complexity index is 360. The van der Waals surface area contributed by atoms with E-state index in [4.69, 9.17) is 5.73 Å². The molecule has 0 amide bonds. The molecule has 0 spiro atoms. The van der Waals surface area contributed by atoms with Gasteiger partial charge in [-0.3, -0.25) is 0 Å². The smallest absolute Gasteiger partial charge is 0.125 e. The molecule has 0 aliphatic rings. The third-order valence-electron chi connectivity index (χ3n) is 3.20. The van der Waals surface area contributed by atoms with Crippen LogP contribution in [-0.4, -0.2) is 18.1 Å². The van der Waals surface area contributed by atoms with Crippen molar-refractivity contribution >= 4 is 5.82 Å². The van der Waals surface area contributed by atoms with Crippen LogP contribution in [0.25, 0.3) is 0 Å². The molecule has 0 fully saturated rings. The van der Waals surface area contributed by atoms with Gasteiger partial charge < -0.3 is 11.1 Å². The second-order valence-corrected chi connectivity index (χ2v) is 6.74. The fourth-order valence-corrected chi connectivity index (χ4v) is 1.75. The normalized spacial score (nSPS) is 12.6. The van der Waals surface area contributed by atoms with E-state index < -0.39 is 0 Å². The molecular weight excluding hydrogens is 222 g/mol. The Kier molecular flexibility index (Phi) is 4.74. The summed E-state index contributed by atoms with van der Waals surface area (Å²) in [6.07, 6.45) is 2.97. The number of nitrogens with one attached hydrogen (secondary N) is 1. The van der Waals surface area contributed by atoms with E-state index in [2.05, 4.69) is 57.1 Å². The van der Waals surface area contributed by atoms with Crippen molar-refractivity contribution in [3.8, 4) is 0 Å². The quantitative estimate of drug-likeness (QED) is 0.842. The number of aromatic nitrogens is 1. The highest BCUT2D eigenvalue weighted by molar-refractivity contribution is 5.37. The Balaban J connectivity index is 2.60. The number of nitrogens with two attached hydrogens (primary N) is 1. The standard InChI is InChI=1S/C15H27N3/c1-14(2,3)12-6-7-13(17-10-12)18-11-15(4,5)8-9-16/h6-7,10H,8-9,11,16H2,1-5H3,(H,17,18). The van der Waals surface area contributed by atoms with Crippen LogP contribution in [0.2, 0.25) is 0 Å². The van der Waals surface area contributed by atoms with Crippen LogP contribution in [-0.2, 0) is 5.41 Å². The van der Waals surface area contributed by atoms with Crippen LogP contribution >= 0.6 is 0 Å². The van der Waals surface area contributed by atoms with Gasteiger partial charge in [-0.05, 0) is 35.4 Å². The van der Waals surface area contributed by atoms with Gasteiger partial charge in [0.05, 0.1) is 0 Å². The van der Waals surface area contributed by atoms with Gasteiger partial charge in [-0.1, -0.05) is 40.7 Å². The van der Waals surface area contributed by atoms with E-state index in [1.807, 2.05) is 6.20 Å². The van der Waals surface area contributed by atoms with Crippen LogP contribution in [0.1, 0.15) is 46.6 Å². The van der Waals surface area contributed by atoms with Crippen molar-refractivity contribution in [3.05, 3.63) is 23.9 Å². The maximum atomic E-state index is 5.61. The zero-order valence-electron chi connectivity index (χ0n) is 12.4. The molecule has 0 aromatic carbocycles. The molecule has 0 aliphatic heterocycles. The van der Waals surface area contributed by atoms with Crippen molar-refractivity contribution in [2.24, 2.45) is 11.1 Å². The second-order valence-electron chi connectivity index (χ2n) is 6.74. The van der Waals surface area contributed by atoms with E-state index in [0.29, 0.717) is 0 Å². The van der Waals surface area contributed by atoms with Crippen LogP contribution < -0.4 is 11.1 Å². The summed E-state index contributed by atoms with van der Waals surface area (Å²) in [7, 11) is 0. The van der Waals surface area contributed by atoms with Gasteiger partial charge in [0.25, 0.3) is 0 Å². The van der Waals surface area contributed by atoms with Crippen molar-refractivity contribution in [2.45, 2.75) is 46.5 Å². The fraction of sp³-hybridized carbons (Fsp3) is 0.667. The second kappa shape index (κ2) is 5.70. The largest absolute Gasteiger partial charge is 0.370 e. The highest BCUT2D eigenvalue weighted by atomic mass is 15.0. The zero-order valence-corrected chi connectivity index (χ0v) is 12.4. The zero-order chi connectivity index (χ0) is 13.8. The SMILES string of the molecule is CC(C)(CCN)CNc1ccc(C(C)(C)C)cn1. The maximum Gasteiger partial charge on any atom is 0.125 e. The summed E-state index contributed by atoms with van der Waals surface area (Å²) in [6.45, 7) is 12.6. The third-order valence-corrected chi connectivity index (χ3v) is 3.20. The predicted molar refractivity (Wildman–Crippen MR) is 78.9 cm³/mol. The van der Waals surface area contributed by atoms with E-state index in [-0.39, 0.29) is 10.8 Å². The third kappa shape index (κ3) is 4.65. The minimum atomic E-state index is 0.157. The summed E-state index contributed by atoms with van der Waals surface area (Å²) in [5.41, 5.74) is 7.23. The summed E-state index contributed by atoms with van der Waals surface area (Å²) >= 11 is 0. The minimum Gasteiger partial charge on any atom is -0.370 e. The molecule has 1 heterocycles. The number of hydrogen-bond acceptors (Lipinski definition) is 3. The van der Waals surface area contributed by atoms with Gasteiger partial charge in [-0.15, -0.1) is 0 Å². The molecule has 18 heavy (non-hydrogen) atoms. The Hall–Kier alpha value is -1.09. The molecule has 1 rings (SSSR count). The first-order chi connectivity index (χ1) is 8.24. The molecule has 1 aromatic heterocycles. The Morgan fingerprint density at radius 1 is 1.17 bits per heavy atom. The van der Waals surface area contributed by atoms with E-state index in [9.17, 15) is 0 Å². The van der Waals surface area contributed by atoms with E-state index in [1.165, 1.54) is 5.56 Å². The lowest BCUT2D eigenvalue weighted by Gasteiger charge is -2.25. The summed E-state index contributed by atoms with van der Waals surface area (Å²) < 4.78 is 0.